The molecule has 3 heteroatoms. The second kappa shape index (κ2) is 6.07. The van der Waals surface area contributed by atoms with E-state index in [0.717, 1.165) is 35.6 Å². The SMILES string of the molecule is CCN1c2ccccc2N(C(=O)c2ccc(C)c(C)c2)CC1C. The standard InChI is InChI=1S/C20H24N2O/c1-5-21-16(4)13-22(19-9-7-6-8-18(19)21)20(23)17-11-10-14(2)15(3)12-17/h6-12,16H,5,13H2,1-4H3. The van der Waals surface area contributed by atoms with Gasteiger partial charge in [0, 0.05) is 24.7 Å². The Bertz CT molecular complexity index is 738. The minimum atomic E-state index is 0.0863. The molecule has 23 heavy (non-hydrogen) atoms. The van der Waals surface area contributed by atoms with Gasteiger partial charge in [-0.05, 0) is 63.1 Å². The third-order valence-corrected chi connectivity index (χ3v) is 4.80. The highest BCUT2D eigenvalue weighted by atomic mass is 16.2. The average molecular weight is 308 g/mol. The van der Waals surface area contributed by atoms with Crippen molar-refractivity contribution in [2.24, 2.45) is 0 Å². The summed E-state index contributed by atoms with van der Waals surface area (Å²) in [6.45, 7) is 10.1. The molecule has 2 aromatic carbocycles. The van der Waals surface area contributed by atoms with Gasteiger partial charge in [-0.25, -0.2) is 0 Å². The summed E-state index contributed by atoms with van der Waals surface area (Å²) in [6, 6.07) is 14.5. The molecule has 2 aromatic rings. The summed E-state index contributed by atoms with van der Waals surface area (Å²) in [4.78, 5) is 17.4. The summed E-state index contributed by atoms with van der Waals surface area (Å²) in [5.74, 6) is 0.0863. The van der Waals surface area contributed by atoms with E-state index in [4.69, 9.17) is 0 Å². The molecule has 0 spiro atoms. The van der Waals surface area contributed by atoms with Crippen LogP contribution in [-0.2, 0) is 0 Å². The molecule has 1 aliphatic rings. The van der Waals surface area contributed by atoms with Crippen molar-refractivity contribution in [3.05, 3.63) is 59.2 Å². The smallest absolute Gasteiger partial charge is 0.258 e. The maximum Gasteiger partial charge on any atom is 0.258 e. The molecule has 0 fully saturated rings. The number of carbonyl (C=O) groups excluding carboxylic acids is 1. The fourth-order valence-electron chi connectivity index (χ4n) is 3.34. The van der Waals surface area contributed by atoms with Gasteiger partial charge in [0.1, 0.15) is 0 Å². The Hall–Kier alpha value is -2.29. The van der Waals surface area contributed by atoms with Crippen LogP contribution in [0.5, 0.6) is 0 Å². The number of aryl methyl sites for hydroxylation is 2. The van der Waals surface area contributed by atoms with Crippen LogP contribution in [0.15, 0.2) is 42.5 Å². The Morgan fingerprint density at radius 1 is 1.09 bits per heavy atom. The van der Waals surface area contributed by atoms with Crippen molar-refractivity contribution in [1.29, 1.82) is 0 Å². The zero-order valence-electron chi connectivity index (χ0n) is 14.3. The number of rotatable bonds is 2. The third-order valence-electron chi connectivity index (χ3n) is 4.80. The number of para-hydroxylation sites is 2. The van der Waals surface area contributed by atoms with Gasteiger partial charge in [-0.15, -0.1) is 0 Å². The number of nitrogens with zero attached hydrogens (tertiary/aromatic N) is 2. The molecule has 3 nitrogen and oxygen atoms in total. The van der Waals surface area contributed by atoms with Crippen LogP contribution in [0.4, 0.5) is 11.4 Å². The van der Waals surface area contributed by atoms with E-state index in [2.05, 4.69) is 38.7 Å². The van der Waals surface area contributed by atoms with Gasteiger partial charge in [0.2, 0.25) is 0 Å². The Morgan fingerprint density at radius 2 is 1.78 bits per heavy atom. The zero-order valence-corrected chi connectivity index (χ0v) is 14.3. The van der Waals surface area contributed by atoms with Gasteiger partial charge < -0.3 is 9.80 Å². The van der Waals surface area contributed by atoms with Gasteiger partial charge in [0.05, 0.1) is 11.4 Å². The van der Waals surface area contributed by atoms with Crippen molar-refractivity contribution < 1.29 is 4.79 Å². The largest absolute Gasteiger partial charge is 0.366 e. The summed E-state index contributed by atoms with van der Waals surface area (Å²) in [6.07, 6.45) is 0. The molecule has 0 bridgehead atoms. The number of carbonyl (C=O) groups is 1. The fourth-order valence-corrected chi connectivity index (χ4v) is 3.34. The number of hydrogen-bond acceptors (Lipinski definition) is 2. The molecule has 1 aliphatic heterocycles. The van der Waals surface area contributed by atoms with Crippen LogP contribution < -0.4 is 9.80 Å². The Kier molecular flexibility index (Phi) is 4.12. The lowest BCUT2D eigenvalue weighted by Gasteiger charge is -2.42. The second-order valence-electron chi connectivity index (χ2n) is 6.34. The van der Waals surface area contributed by atoms with Crippen LogP contribution in [0.2, 0.25) is 0 Å². The average Bonchev–Trinajstić information content (AvgIpc) is 2.56. The van der Waals surface area contributed by atoms with Gasteiger partial charge in [0.15, 0.2) is 0 Å². The number of fused-ring (bicyclic) bond motifs is 1. The molecule has 0 radical (unpaired) electrons. The Morgan fingerprint density at radius 3 is 2.43 bits per heavy atom. The van der Waals surface area contributed by atoms with Crippen LogP contribution in [0.25, 0.3) is 0 Å². The first kappa shape index (κ1) is 15.6. The lowest BCUT2D eigenvalue weighted by atomic mass is 10.0. The molecular formula is C20H24N2O. The van der Waals surface area contributed by atoms with E-state index in [0.29, 0.717) is 6.04 Å². The van der Waals surface area contributed by atoms with E-state index in [1.165, 1.54) is 5.56 Å². The summed E-state index contributed by atoms with van der Waals surface area (Å²) < 4.78 is 0. The van der Waals surface area contributed by atoms with E-state index < -0.39 is 0 Å². The molecule has 0 saturated carbocycles. The third kappa shape index (κ3) is 2.72. The lowest BCUT2D eigenvalue weighted by Crippen LogP contribution is -2.49. The predicted molar refractivity (Wildman–Crippen MR) is 96.5 cm³/mol. The first-order chi connectivity index (χ1) is 11.0. The zero-order chi connectivity index (χ0) is 16.6. The summed E-state index contributed by atoms with van der Waals surface area (Å²) in [7, 11) is 0. The van der Waals surface area contributed by atoms with Gasteiger partial charge in [-0.1, -0.05) is 18.2 Å². The van der Waals surface area contributed by atoms with E-state index in [-0.39, 0.29) is 5.91 Å². The summed E-state index contributed by atoms with van der Waals surface area (Å²) >= 11 is 0. The van der Waals surface area contributed by atoms with E-state index in [1.807, 2.05) is 41.3 Å². The van der Waals surface area contributed by atoms with Gasteiger partial charge in [0.25, 0.3) is 5.91 Å². The summed E-state index contributed by atoms with van der Waals surface area (Å²) in [5, 5.41) is 0. The molecule has 3 rings (SSSR count). The highest BCUT2D eigenvalue weighted by Crippen LogP contribution is 2.35. The van der Waals surface area contributed by atoms with Crippen molar-refractivity contribution in [3.8, 4) is 0 Å². The Labute approximate surface area is 138 Å². The van der Waals surface area contributed by atoms with Crippen LogP contribution in [-0.4, -0.2) is 25.0 Å². The van der Waals surface area contributed by atoms with E-state index in [9.17, 15) is 4.79 Å². The van der Waals surface area contributed by atoms with Gasteiger partial charge in [-0.3, -0.25) is 4.79 Å². The molecule has 120 valence electrons. The predicted octanol–water partition coefficient (Wildman–Crippen LogP) is 4.18. The number of amides is 1. The Balaban J connectivity index is 2.02. The molecule has 0 aliphatic carbocycles. The van der Waals surface area contributed by atoms with Crippen molar-refractivity contribution in [3.63, 3.8) is 0 Å². The molecule has 1 atom stereocenters. The van der Waals surface area contributed by atoms with Crippen LogP contribution in [0, 0.1) is 13.8 Å². The van der Waals surface area contributed by atoms with Crippen LogP contribution in [0.1, 0.15) is 35.3 Å². The second-order valence-corrected chi connectivity index (χ2v) is 6.34. The lowest BCUT2D eigenvalue weighted by molar-refractivity contribution is 0.0984. The monoisotopic (exact) mass is 308 g/mol. The molecule has 0 saturated heterocycles. The van der Waals surface area contributed by atoms with Crippen molar-refractivity contribution in [2.75, 3.05) is 22.9 Å². The highest BCUT2D eigenvalue weighted by molar-refractivity contribution is 6.08. The first-order valence-corrected chi connectivity index (χ1v) is 8.27. The first-order valence-electron chi connectivity index (χ1n) is 8.27. The van der Waals surface area contributed by atoms with Gasteiger partial charge >= 0.3 is 0 Å². The minimum absolute atomic E-state index is 0.0863. The van der Waals surface area contributed by atoms with Crippen molar-refractivity contribution >= 4 is 17.3 Å². The molecular weight excluding hydrogens is 284 g/mol. The topological polar surface area (TPSA) is 23.6 Å². The van der Waals surface area contributed by atoms with E-state index >= 15 is 0 Å². The molecule has 1 unspecified atom stereocenters. The molecule has 0 N–H and O–H groups in total. The molecule has 1 amide bonds. The maximum absolute atomic E-state index is 13.1. The van der Waals surface area contributed by atoms with Crippen molar-refractivity contribution in [2.45, 2.75) is 33.7 Å². The molecule has 0 aromatic heterocycles. The fraction of sp³-hybridized carbons (Fsp3) is 0.350. The number of anilines is 2. The normalized spacial score (nSPS) is 17.1. The number of hydrogen-bond donors (Lipinski definition) is 0. The van der Waals surface area contributed by atoms with Crippen LogP contribution >= 0.6 is 0 Å². The van der Waals surface area contributed by atoms with Crippen molar-refractivity contribution in [1.82, 2.24) is 0 Å². The number of likely N-dealkylation sites (N-methyl/N-ethyl adjacent to an activating group) is 1. The summed E-state index contributed by atoms with van der Waals surface area (Å²) in [5.41, 5.74) is 5.29. The minimum Gasteiger partial charge on any atom is -0.366 e. The van der Waals surface area contributed by atoms with Gasteiger partial charge in [-0.2, -0.15) is 0 Å². The highest BCUT2D eigenvalue weighted by Gasteiger charge is 2.30. The van der Waals surface area contributed by atoms with Crippen LogP contribution in [0.3, 0.4) is 0 Å². The number of benzene rings is 2. The maximum atomic E-state index is 13.1. The van der Waals surface area contributed by atoms with E-state index in [1.54, 1.807) is 0 Å². The molecule has 1 heterocycles. The quantitative estimate of drug-likeness (QED) is 0.831.